The van der Waals surface area contributed by atoms with E-state index in [1.165, 1.54) is 12.7 Å². The molecule has 0 aliphatic carbocycles. The van der Waals surface area contributed by atoms with Crippen molar-refractivity contribution in [2.24, 2.45) is 5.73 Å². The van der Waals surface area contributed by atoms with Crippen LogP contribution >= 0.6 is 15.9 Å². The lowest BCUT2D eigenvalue weighted by molar-refractivity contribution is -0.141. The van der Waals surface area contributed by atoms with Gasteiger partial charge in [0.15, 0.2) is 0 Å². The molecular formula is C14H20BrNO2. The Hall–Kier alpha value is -0.870. The summed E-state index contributed by atoms with van der Waals surface area (Å²) in [6.45, 7) is 6.43. The van der Waals surface area contributed by atoms with Crippen LogP contribution in [0.15, 0.2) is 22.7 Å². The summed E-state index contributed by atoms with van der Waals surface area (Å²) in [4.78, 5) is 11.2. The van der Waals surface area contributed by atoms with Gasteiger partial charge in [0.05, 0.1) is 13.5 Å². The van der Waals surface area contributed by atoms with Gasteiger partial charge < -0.3 is 10.5 Å². The lowest BCUT2D eigenvalue weighted by Crippen LogP contribution is -2.18. The van der Waals surface area contributed by atoms with Crippen molar-refractivity contribution in [2.45, 2.75) is 38.6 Å². The maximum Gasteiger partial charge on any atom is 0.307 e. The van der Waals surface area contributed by atoms with Crippen molar-refractivity contribution in [2.75, 3.05) is 7.11 Å². The lowest BCUT2D eigenvalue weighted by Gasteiger charge is -2.22. The van der Waals surface area contributed by atoms with E-state index in [9.17, 15) is 4.79 Å². The molecule has 0 saturated carbocycles. The van der Waals surface area contributed by atoms with Crippen LogP contribution in [0.4, 0.5) is 0 Å². The third-order valence-corrected chi connectivity index (χ3v) is 3.29. The Labute approximate surface area is 117 Å². The van der Waals surface area contributed by atoms with E-state index in [0.717, 1.165) is 10.0 Å². The second kappa shape index (κ2) is 5.85. The van der Waals surface area contributed by atoms with Gasteiger partial charge >= 0.3 is 5.97 Å². The molecule has 1 rings (SSSR count). The molecule has 2 N–H and O–H groups in total. The Morgan fingerprint density at radius 2 is 2.00 bits per heavy atom. The fourth-order valence-corrected chi connectivity index (χ4v) is 2.15. The lowest BCUT2D eigenvalue weighted by atomic mass is 9.85. The molecule has 1 aromatic rings. The Bertz CT molecular complexity index is 438. The molecule has 100 valence electrons. The second-order valence-corrected chi connectivity index (χ2v) is 6.33. The Morgan fingerprint density at radius 3 is 2.50 bits per heavy atom. The van der Waals surface area contributed by atoms with Gasteiger partial charge in [-0.25, -0.2) is 0 Å². The Balaban J connectivity index is 3.03. The molecule has 0 aliphatic heterocycles. The van der Waals surface area contributed by atoms with E-state index < -0.39 is 0 Å². The Kier molecular flexibility index (Phi) is 4.93. The highest BCUT2D eigenvalue weighted by Gasteiger charge is 2.18. The molecule has 0 unspecified atom stereocenters. The fraction of sp³-hybridized carbons (Fsp3) is 0.500. The first-order valence-electron chi connectivity index (χ1n) is 5.87. The summed E-state index contributed by atoms with van der Waals surface area (Å²) in [5, 5.41) is 0. The van der Waals surface area contributed by atoms with E-state index in [-0.39, 0.29) is 23.8 Å². The molecule has 0 aliphatic rings. The van der Waals surface area contributed by atoms with Gasteiger partial charge in [0.2, 0.25) is 0 Å². The van der Waals surface area contributed by atoms with E-state index in [1.54, 1.807) is 0 Å². The minimum atomic E-state index is -0.337. The zero-order valence-corrected chi connectivity index (χ0v) is 12.9. The topological polar surface area (TPSA) is 52.3 Å². The highest BCUT2D eigenvalue weighted by molar-refractivity contribution is 9.10. The number of benzene rings is 1. The molecule has 0 aromatic heterocycles. The summed E-state index contributed by atoms with van der Waals surface area (Å²) in [6, 6.07) is 5.74. The van der Waals surface area contributed by atoms with Gasteiger partial charge in [-0.05, 0) is 28.7 Å². The zero-order valence-electron chi connectivity index (χ0n) is 11.3. The molecule has 0 spiro atoms. The van der Waals surface area contributed by atoms with Crippen LogP contribution in [0.5, 0.6) is 0 Å². The number of ether oxygens (including phenoxy) is 1. The van der Waals surface area contributed by atoms with Crippen LogP contribution in [0.3, 0.4) is 0 Å². The van der Waals surface area contributed by atoms with E-state index >= 15 is 0 Å². The molecule has 1 atom stereocenters. The van der Waals surface area contributed by atoms with E-state index in [1.807, 2.05) is 6.07 Å². The van der Waals surface area contributed by atoms with E-state index in [0.29, 0.717) is 0 Å². The van der Waals surface area contributed by atoms with Crippen molar-refractivity contribution in [3.05, 3.63) is 33.8 Å². The van der Waals surface area contributed by atoms with Crippen LogP contribution < -0.4 is 5.73 Å². The summed E-state index contributed by atoms with van der Waals surface area (Å²) < 4.78 is 5.62. The molecule has 0 amide bonds. The molecule has 0 bridgehead atoms. The standard InChI is InChI=1S/C14H20BrNO2/c1-14(2,3)10-5-9(6-11(15)7-10)12(16)8-13(17)18-4/h5-7,12H,8,16H2,1-4H3/t12-/m0/s1. The second-order valence-electron chi connectivity index (χ2n) is 5.41. The monoisotopic (exact) mass is 313 g/mol. The minimum Gasteiger partial charge on any atom is -0.469 e. The zero-order chi connectivity index (χ0) is 13.9. The number of halogens is 1. The highest BCUT2D eigenvalue weighted by atomic mass is 79.9. The predicted octanol–water partition coefficient (Wildman–Crippen LogP) is 3.31. The van der Waals surface area contributed by atoms with E-state index in [2.05, 4.69) is 53.6 Å². The Morgan fingerprint density at radius 1 is 1.39 bits per heavy atom. The van der Waals surface area contributed by atoms with Crippen LogP contribution in [0.25, 0.3) is 0 Å². The molecule has 0 saturated heterocycles. The van der Waals surface area contributed by atoms with Crippen LogP contribution in [-0.2, 0) is 14.9 Å². The van der Waals surface area contributed by atoms with Gasteiger partial charge in [0, 0.05) is 10.5 Å². The van der Waals surface area contributed by atoms with Crippen molar-refractivity contribution < 1.29 is 9.53 Å². The first-order chi connectivity index (χ1) is 8.24. The molecule has 0 heterocycles. The number of esters is 1. The average Bonchev–Trinajstić information content (AvgIpc) is 2.26. The SMILES string of the molecule is COC(=O)C[C@H](N)c1cc(Br)cc(C(C)(C)C)c1. The summed E-state index contributed by atoms with van der Waals surface area (Å²) in [5.41, 5.74) is 8.21. The third-order valence-electron chi connectivity index (χ3n) is 2.83. The van der Waals surface area contributed by atoms with Crippen molar-refractivity contribution >= 4 is 21.9 Å². The first kappa shape index (κ1) is 15.2. The number of nitrogens with two attached hydrogens (primary N) is 1. The average molecular weight is 314 g/mol. The molecule has 3 nitrogen and oxygen atoms in total. The largest absolute Gasteiger partial charge is 0.469 e. The van der Waals surface area contributed by atoms with Crippen molar-refractivity contribution in [1.82, 2.24) is 0 Å². The summed E-state index contributed by atoms with van der Waals surface area (Å²) >= 11 is 3.49. The molecule has 1 aromatic carbocycles. The van der Waals surface area contributed by atoms with Crippen LogP contribution in [-0.4, -0.2) is 13.1 Å². The number of hydrogen-bond acceptors (Lipinski definition) is 3. The van der Waals surface area contributed by atoms with E-state index in [4.69, 9.17) is 5.73 Å². The summed E-state index contributed by atoms with van der Waals surface area (Å²) in [6.07, 6.45) is 0.191. The molecular weight excluding hydrogens is 294 g/mol. The van der Waals surface area contributed by atoms with Crippen molar-refractivity contribution in [3.63, 3.8) is 0 Å². The smallest absolute Gasteiger partial charge is 0.307 e. The molecule has 4 heteroatoms. The van der Waals surface area contributed by atoms with Crippen molar-refractivity contribution in [3.8, 4) is 0 Å². The van der Waals surface area contributed by atoms with Gasteiger partial charge in [-0.3, -0.25) is 4.79 Å². The molecule has 18 heavy (non-hydrogen) atoms. The van der Waals surface area contributed by atoms with Crippen LogP contribution in [0, 0.1) is 0 Å². The fourth-order valence-electron chi connectivity index (χ4n) is 1.64. The number of hydrogen-bond donors (Lipinski definition) is 1. The van der Waals surface area contributed by atoms with Crippen LogP contribution in [0.1, 0.15) is 44.4 Å². The number of carbonyl (C=O) groups excluding carboxylic acids is 1. The highest BCUT2D eigenvalue weighted by Crippen LogP contribution is 2.29. The van der Waals surface area contributed by atoms with Crippen molar-refractivity contribution in [1.29, 1.82) is 0 Å². The van der Waals surface area contributed by atoms with Gasteiger partial charge in [-0.1, -0.05) is 42.8 Å². The maximum absolute atomic E-state index is 11.2. The number of rotatable bonds is 3. The first-order valence-corrected chi connectivity index (χ1v) is 6.66. The van der Waals surface area contributed by atoms with Crippen LogP contribution in [0.2, 0.25) is 0 Å². The summed E-state index contributed by atoms with van der Waals surface area (Å²) in [5.74, 6) is -0.292. The molecule has 0 radical (unpaired) electrons. The normalized spacial score (nSPS) is 13.2. The predicted molar refractivity (Wildman–Crippen MR) is 76.4 cm³/mol. The quantitative estimate of drug-likeness (QED) is 0.871. The van der Waals surface area contributed by atoms with Gasteiger partial charge in [0.1, 0.15) is 0 Å². The number of carbonyl (C=O) groups is 1. The summed E-state index contributed by atoms with van der Waals surface area (Å²) in [7, 11) is 1.37. The third kappa shape index (κ3) is 4.10. The minimum absolute atomic E-state index is 0.0452. The maximum atomic E-state index is 11.2. The van der Waals surface area contributed by atoms with Gasteiger partial charge in [0.25, 0.3) is 0 Å². The number of methoxy groups -OCH3 is 1. The van der Waals surface area contributed by atoms with Gasteiger partial charge in [-0.2, -0.15) is 0 Å². The van der Waals surface area contributed by atoms with Gasteiger partial charge in [-0.15, -0.1) is 0 Å². The molecule has 0 fully saturated rings.